The predicted molar refractivity (Wildman–Crippen MR) is 78.2 cm³/mol. The molecule has 0 saturated heterocycles. The Hall–Kier alpha value is -1.63. The maximum atomic E-state index is 12.2. The van der Waals surface area contributed by atoms with Gasteiger partial charge in [0.05, 0.1) is 18.6 Å². The van der Waals surface area contributed by atoms with E-state index >= 15 is 0 Å². The van der Waals surface area contributed by atoms with E-state index in [1.165, 1.54) is 12.1 Å². The lowest BCUT2D eigenvalue weighted by Crippen LogP contribution is -2.06. The van der Waals surface area contributed by atoms with E-state index in [-0.39, 0.29) is 16.7 Å². The van der Waals surface area contributed by atoms with Crippen molar-refractivity contribution in [3.8, 4) is 0 Å². The molecule has 0 aliphatic carbocycles. The number of hydrogen-bond donors (Lipinski definition) is 1. The van der Waals surface area contributed by atoms with Crippen LogP contribution in [0, 0.1) is 0 Å². The van der Waals surface area contributed by atoms with Gasteiger partial charge in [-0.2, -0.15) is 13.2 Å². The van der Waals surface area contributed by atoms with Crippen molar-refractivity contribution in [2.75, 3.05) is 5.32 Å². The predicted octanol–water partition coefficient (Wildman–Crippen LogP) is 4.52. The molecule has 0 aliphatic heterocycles. The average molecular weight is 315 g/mol. The largest absolute Gasteiger partial charge is 0.446 e. The van der Waals surface area contributed by atoms with Gasteiger partial charge >= 0.3 is 5.51 Å². The third kappa shape index (κ3) is 5.00. The Morgan fingerprint density at radius 1 is 1.24 bits per heavy atom. The highest BCUT2D eigenvalue weighted by Crippen LogP contribution is 2.37. The van der Waals surface area contributed by atoms with E-state index in [4.69, 9.17) is 0 Å². The molecular formula is C14H16F3N3S. The summed E-state index contributed by atoms with van der Waals surface area (Å²) in [7, 11) is 0. The van der Waals surface area contributed by atoms with Gasteiger partial charge in [-0.3, -0.25) is 0 Å². The summed E-state index contributed by atoms with van der Waals surface area (Å²) in [5.41, 5.74) is -2.42. The average Bonchev–Trinajstić information content (AvgIpc) is 2.84. The highest BCUT2D eigenvalue weighted by atomic mass is 32.2. The summed E-state index contributed by atoms with van der Waals surface area (Å²) in [4.78, 5) is 4.29. The van der Waals surface area contributed by atoms with Crippen LogP contribution in [0.5, 0.6) is 0 Å². The van der Waals surface area contributed by atoms with Crippen LogP contribution in [-0.2, 0) is 13.1 Å². The normalized spacial score (nSPS) is 11.6. The van der Waals surface area contributed by atoms with Crippen molar-refractivity contribution in [3.05, 3.63) is 42.5 Å². The number of anilines is 1. The number of rotatable bonds is 6. The van der Waals surface area contributed by atoms with E-state index in [0.29, 0.717) is 6.54 Å². The van der Waals surface area contributed by atoms with Gasteiger partial charge in [0, 0.05) is 23.3 Å². The van der Waals surface area contributed by atoms with Gasteiger partial charge in [0.25, 0.3) is 0 Å². The third-order valence-corrected chi connectivity index (χ3v) is 3.56. The van der Waals surface area contributed by atoms with Crippen LogP contribution in [-0.4, -0.2) is 15.1 Å². The van der Waals surface area contributed by atoms with Gasteiger partial charge in [0.15, 0.2) is 0 Å². The molecule has 1 aromatic heterocycles. The van der Waals surface area contributed by atoms with Crippen molar-refractivity contribution in [2.45, 2.75) is 36.8 Å². The first kappa shape index (κ1) is 15.8. The Kier molecular flexibility index (Phi) is 5.17. The Labute approximate surface area is 125 Å². The molecule has 0 radical (unpaired) electrons. The molecule has 0 atom stereocenters. The van der Waals surface area contributed by atoms with Gasteiger partial charge in [-0.05, 0) is 42.4 Å². The lowest BCUT2D eigenvalue weighted by Gasteiger charge is -2.10. The van der Waals surface area contributed by atoms with Crippen molar-refractivity contribution in [3.63, 3.8) is 0 Å². The van der Waals surface area contributed by atoms with E-state index in [9.17, 15) is 13.2 Å². The molecule has 0 spiro atoms. The van der Waals surface area contributed by atoms with E-state index in [0.717, 1.165) is 24.3 Å². The first-order valence-corrected chi connectivity index (χ1v) is 7.38. The van der Waals surface area contributed by atoms with E-state index in [1.54, 1.807) is 24.7 Å². The molecule has 21 heavy (non-hydrogen) atoms. The van der Waals surface area contributed by atoms with Crippen LogP contribution in [0.2, 0.25) is 0 Å². The summed E-state index contributed by atoms with van der Waals surface area (Å²) in [6, 6.07) is 6.22. The van der Waals surface area contributed by atoms with Crippen molar-refractivity contribution >= 4 is 17.4 Å². The molecular weight excluding hydrogens is 299 g/mol. The van der Waals surface area contributed by atoms with Gasteiger partial charge in [-0.1, -0.05) is 6.92 Å². The number of imidazole rings is 1. The molecule has 0 aliphatic rings. The topological polar surface area (TPSA) is 29.9 Å². The Bertz CT molecular complexity index is 564. The molecule has 1 N–H and O–H groups in total. The number of nitrogens with zero attached hydrogens (tertiary/aromatic N) is 2. The maximum absolute atomic E-state index is 12.2. The van der Waals surface area contributed by atoms with Gasteiger partial charge in [-0.25, -0.2) is 4.98 Å². The molecule has 2 aromatic rings. The lowest BCUT2D eigenvalue weighted by atomic mass is 10.3. The first-order chi connectivity index (χ1) is 9.98. The molecule has 114 valence electrons. The number of aryl methyl sites for hydroxylation is 1. The van der Waals surface area contributed by atoms with Gasteiger partial charge in [0.2, 0.25) is 0 Å². The first-order valence-electron chi connectivity index (χ1n) is 6.56. The number of aromatic nitrogens is 2. The van der Waals surface area contributed by atoms with Crippen LogP contribution in [0.4, 0.5) is 18.9 Å². The molecule has 0 amide bonds. The standard InChI is InChI=1S/C14H16F3N3S/c1-2-7-20-10-18-8-12(20)9-19-11-3-5-13(6-4-11)21-14(15,16)17/h3-6,8,10,19H,2,7,9H2,1H3. The number of thioether (sulfide) groups is 1. The third-order valence-electron chi connectivity index (χ3n) is 2.82. The fraction of sp³-hybridized carbons (Fsp3) is 0.357. The number of nitrogens with one attached hydrogen (secondary N) is 1. The fourth-order valence-electron chi connectivity index (χ4n) is 1.90. The second-order valence-electron chi connectivity index (χ2n) is 4.50. The number of halogens is 3. The lowest BCUT2D eigenvalue weighted by molar-refractivity contribution is -0.0328. The van der Waals surface area contributed by atoms with Gasteiger partial charge in [-0.15, -0.1) is 0 Å². The van der Waals surface area contributed by atoms with Gasteiger partial charge in [0.1, 0.15) is 0 Å². The summed E-state index contributed by atoms with van der Waals surface area (Å²) in [6.45, 7) is 3.58. The molecule has 0 saturated carbocycles. The molecule has 3 nitrogen and oxygen atoms in total. The summed E-state index contributed by atoms with van der Waals surface area (Å²) < 4.78 is 38.7. The molecule has 0 bridgehead atoms. The molecule has 0 unspecified atom stereocenters. The molecule has 1 heterocycles. The van der Waals surface area contributed by atoms with Crippen molar-refractivity contribution in [2.24, 2.45) is 0 Å². The smallest absolute Gasteiger partial charge is 0.379 e. The quantitative estimate of drug-likeness (QED) is 0.795. The monoisotopic (exact) mass is 315 g/mol. The summed E-state index contributed by atoms with van der Waals surface area (Å²) in [5, 5.41) is 3.18. The highest BCUT2D eigenvalue weighted by molar-refractivity contribution is 8.00. The molecule has 0 fully saturated rings. The minimum absolute atomic E-state index is 0.108. The number of alkyl halides is 3. The second-order valence-corrected chi connectivity index (χ2v) is 5.64. The summed E-state index contributed by atoms with van der Waals surface area (Å²) in [5.74, 6) is 0. The van der Waals surface area contributed by atoms with Crippen molar-refractivity contribution < 1.29 is 13.2 Å². The minimum Gasteiger partial charge on any atom is -0.379 e. The zero-order valence-electron chi connectivity index (χ0n) is 11.5. The van der Waals surface area contributed by atoms with Crippen LogP contribution in [0.1, 0.15) is 19.0 Å². The van der Waals surface area contributed by atoms with Crippen molar-refractivity contribution in [1.29, 1.82) is 0 Å². The van der Waals surface area contributed by atoms with E-state index in [1.807, 2.05) is 0 Å². The highest BCUT2D eigenvalue weighted by Gasteiger charge is 2.28. The zero-order valence-corrected chi connectivity index (χ0v) is 12.3. The molecule has 7 heteroatoms. The van der Waals surface area contributed by atoms with Gasteiger partial charge < -0.3 is 9.88 Å². The van der Waals surface area contributed by atoms with Crippen molar-refractivity contribution in [1.82, 2.24) is 9.55 Å². The van der Waals surface area contributed by atoms with E-state index in [2.05, 4.69) is 21.8 Å². The zero-order chi connectivity index (χ0) is 15.3. The maximum Gasteiger partial charge on any atom is 0.446 e. The van der Waals surface area contributed by atoms with Crippen LogP contribution < -0.4 is 5.32 Å². The Balaban J connectivity index is 1.93. The fourth-order valence-corrected chi connectivity index (χ4v) is 2.44. The summed E-state index contributed by atoms with van der Waals surface area (Å²) in [6.07, 6.45) is 4.59. The number of benzene rings is 1. The van der Waals surface area contributed by atoms with Crippen LogP contribution in [0.25, 0.3) is 0 Å². The molecule has 2 rings (SSSR count). The Morgan fingerprint density at radius 3 is 2.57 bits per heavy atom. The minimum atomic E-state index is -4.25. The van der Waals surface area contributed by atoms with E-state index < -0.39 is 5.51 Å². The van der Waals surface area contributed by atoms with Crippen LogP contribution >= 0.6 is 11.8 Å². The summed E-state index contributed by atoms with van der Waals surface area (Å²) >= 11 is -0.108. The SMILES string of the molecule is CCCn1cncc1CNc1ccc(SC(F)(F)F)cc1. The Morgan fingerprint density at radius 2 is 1.95 bits per heavy atom. The number of hydrogen-bond acceptors (Lipinski definition) is 3. The second kappa shape index (κ2) is 6.89. The van der Waals surface area contributed by atoms with Crippen LogP contribution in [0.15, 0.2) is 41.7 Å². The van der Waals surface area contributed by atoms with Crippen LogP contribution in [0.3, 0.4) is 0 Å². The molecule has 1 aromatic carbocycles.